The van der Waals surface area contributed by atoms with Gasteiger partial charge in [0.25, 0.3) is 16.1 Å². The zero-order chi connectivity index (χ0) is 22.5. The van der Waals surface area contributed by atoms with Crippen LogP contribution in [0, 0.1) is 11.7 Å². The van der Waals surface area contributed by atoms with Crippen molar-refractivity contribution in [2.75, 3.05) is 39.3 Å². The first-order valence-electron chi connectivity index (χ1n) is 10.2. The van der Waals surface area contributed by atoms with Crippen LogP contribution in [0.1, 0.15) is 38.1 Å². The summed E-state index contributed by atoms with van der Waals surface area (Å²) >= 11 is 0. The van der Waals surface area contributed by atoms with Crippen molar-refractivity contribution in [3.8, 4) is 0 Å². The highest BCUT2D eigenvalue weighted by atomic mass is 32.2. The van der Waals surface area contributed by atoms with Crippen LogP contribution in [0.3, 0.4) is 0 Å². The number of benzene rings is 1. The lowest BCUT2D eigenvalue weighted by Crippen LogP contribution is -2.58. The summed E-state index contributed by atoms with van der Waals surface area (Å²) < 4.78 is 41.2. The number of nitrogens with one attached hydrogen (secondary N) is 1. The standard InChI is InChI=1S/C20H31FN4O4S/c1-5-24(6-2)30(28,29)25-13-11-23(12-14-25)20(27)18(15(3)4)22-19(26)16-7-9-17(21)10-8-16/h7-10,15,18H,5-6,11-14H2,1-4H3,(H,22,26)/t18-/m0/s1. The second-order valence-corrected chi connectivity index (χ2v) is 9.45. The molecule has 168 valence electrons. The molecule has 1 aromatic rings. The minimum atomic E-state index is -3.54. The third-order valence-electron chi connectivity index (χ3n) is 5.23. The Bertz CT molecular complexity index is 833. The van der Waals surface area contributed by atoms with Gasteiger partial charge in [0.1, 0.15) is 11.9 Å². The van der Waals surface area contributed by atoms with Crippen LogP contribution in [0.25, 0.3) is 0 Å². The van der Waals surface area contributed by atoms with E-state index in [-0.39, 0.29) is 43.6 Å². The van der Waals surface area contributed by atoms with Gasteiger partial charge in [-0.2, -0.15) is 17.0 Å². The molecule has 1 heterocycles. The van der Waals surface area contributed by atoms with Gasteiger partial charge in [0.05, 0.1) is 0 Å². The van der Waals surface area contributed by atoms with Crippen molar-refractivity contribution in [2.24, 2.45) is 5.92 Å². The van der Waals surface area contributed by atoms with Crippen molar-refractivity contribution in [2.45, 2.75) is 33.7 Å². The summed E-state index contributed by atoms with van der Waals surface area (Å²) in [6.07, 6.45) is 0. The van der Waals surface area contributed by atoms with Gasteiger partial charge in [0, 0.05) is 44.8 Å². The van der Waals surface area contributed by atoms with Gasteiger partial charge in [-0.1, -0.05) is 27.7 Å². The predicted molar refractivity (Wildman–Crippen MR) is 112 cm³/mol. The molecule has 1 fully saturated rings. The van der Waals surface area contributed by atoms with Gasteiger partial charge in [-0.15, -0.1) is 0 Å². The van der Waals surface area contributed by atoms with Crippen molar-refractivity contribution in [3.05, 3.63) is 35.6 Å². The topological polar surface area (TPSA) is 90.0 Å². The highest BCUT2D eigenvalue weighted by molar-refractivity contribution is 7.86. The van der Waals surface area contributed by atoms with Crippen molar-refractivity contribution in [3.63, 3.8) is 0 Å². The number of amides is 2. The quantitative estimate of drug-likeness (QED) is 0.657. The average Bonchev–Trinajstić information content (AvgIpc) is 2.72. The first-order valence-corrected chi connectivity index (χ1v) is 11.6. The maximum atomic E-state index is 13.1. The van der Waals surface area contributed by atoms with E-state index in [4.69, 9.17) is 0 Å². The van der Waals surface area contributed by atoms with E-state index >= 15 is 0 Å². The van der Waals surface area contributed by atoms with Crippen LogP contribution >= 0.6 is 0 Å². The molecule has 1 N–H and O–H groups in total. The molecular weight excluding hydrogens is 411 g/mol. The Balaban J connectivity index is 2.03. The van der Waals surface area contributed by atoms with Crippen molar-refractivity contribution in [1.82, 2.24) is 18.8 Å². The number of halogens is 1. The van der Waals surface area contributed by atoms with E-state index in [0.717, 1.165) is 0 Å². The minimum Gasteiger partial charge on any atom is -0.340 e. The summed E-state index contributed by atoms with van der Waals surface area (Å²) in [5, 5.41) is 2.73. The van der Waals surface area contributed by atoms with Crippen molar-refractivity contribution >= 4 is 22.0 Å². The van der Waals surface area contributed by atoms with Crippen LogP contribution in [0.5, 0.6) is 0 Å². The monoisotopic (exact) mass is 442 g/mol. The van der Waals surface area contributed by atoms with Crippen molar-refractivity contribution in [1.29, 1.82) is 0 Å². The summed E-state index contributed by atoms with van der Waals surface area (Å²) in [6, 6.07) is 4.36. The summed E-state index contributed by atoms with van der Waals surface area (Å²) in [5.41, 5.74) is 0.269. The Morgan fingerprint density at radius 3 is 2.07 bits per heavy atom. The molecule has 0 bridgehead atoms. The Morgan fingerprint density at radius 1 is 1.07 bits per heavy atom. The van der Waals surface area contributed by atoms with E-state index in [0.29, 0.717) is 13.1 Å². The Kier molecular flexibility index (Phi) is 8.34. The molecule has 0 aliphatic carbocycles. The normalized spacial score (nSPS) is 16.7. The fourth-order valence-corrected chi connectivity index (χ4v) is 4.99. The zero-order valence-electron chi connectivity index (χ0n) is 18.0. The molecule has 1 saturated heterocycles. The smallest absolute Gasteiger partial charge is 0.282 e. The lowest BCUT2D eigenvalue weighted by molar-refractivity contribution is -0.135. The van der Waals surface area contributed by atoms with Gasteiger partial charge in [-0.25, -0.2) is 4.39 Å². The predicted octanol–water partition coefficient (Wildman–Crippen LogP) is 1.31. The number of carbonyl (C=O) groups excluding carboxylic acids is 2. The second kappa shape index (κ2) is 10.3. The molecule has 0 saturated carbocycles. The molecule has 8 nitrogen and oxygen atoms in total. The highest BCUT2D eigenvalue weighted by Crippen LogP contribution is 2.15. The first-order chi connectivity index (χ1) is 14.1. The van der Waals surface area contributed by atoms with Crippen LogP contribution in [0.2, 0.25) is 0 Å². The number of rotatable bonds is 8. The number of hydrogen-bond donors (Lipinski definition) is 1. The molecular formula is C20H31FN4O4S. The summed E-state index contributed by atoms with van der Waals surface area (Å²) in [5.74, 6) is -1.31. The van der Waals surface area contributed by atoms with E-state index in [2.05, 4.69) is 5.32 Å². The Morgan fingerprint density at radius 2 is 1.60 bits per heavy atom. The third-order valence-corrected chi connectivity index (χ3v) is 7.42. The largest absolute Gasteiger partial charge is 0.340 e. The minimum absolute atomic E-state index is 0.167. The molecule has 30 heavy (non-hydrogen) atoms. The molecule has 0 unspecified atom stereocenters. The van der Waals surface area contributed by atoms with Gasteiger partial charge >= 0.3 is 0 Å². The summed E-state index contributed by atoms with van der Waals surface area (Å²) in [6.45, 7) is 8.96. The molecule has 2 amide bonds. The number of carbonyl (C=O) groups is 2. The molecule has 1 aromatic carbocycles. The van der Waals surface area contributed by atoms with Gasteiger partial charge in [0.15, 0.2) is 0 Å². The summed E-state index contributed by atoms with van der Waals surface area (Å²) in [7, 11) is -3.54. The van der Waals surface area contributed by atoms with E-state index < -0.39 is 28.0 Å². The van der Waals surface area contributed by atoms with E-state index in [1.165, 1.54) is 32.9 Å². The maximum absolute atomic E-state index is 13.1. The fraction of sp³-hybridized carbons (Fsp3) is 0.600. The van der Waals surface area contributed by atoms with E-state index in [9.17, 15) is 22.4 Å². The molecule has 0 radical (unpaired) electrons. The molecule has 0 spiro atoms. The van der Waals surface area contributed by atoms with Gasteiger partial charge < -0.3 is 10.2 Å². The summed E-state index contributed by atoms with van der Waals surface area (Å²) in [4.78, 5) is 27.1. The SMILES string of the molecule is CCN(CC)S(=O)(=O)N1CCN(C(=O)[C@@H](NC(=O)c2ccc(F)cc2)C(C)C)CC1. The fourth-order valence-electron chi connectivity index (χ4n) is 3.39. The third kappa shape index (κ3) is 5.55. The number of nitrogens with zero attached hydrogens (tertiary/aromatic N) is 3. The maximum Gasteiger partial charge on any atom is 0.282 e. The lowest BCUT2D eigenvalue weighted by atomic mass is 10.0. The van der Waals surface area contributed by atoms with Crippen LogP contribution in [0.15, 0.2) is 24.3 Å². The lowest BCUT2D eigenvalue weighted by Gasteiger charge is -2.38. The number of hydrogen-bond acceptors (Lipinski definition) is 4. The Hall–Kier alpha value is -2.04. The second-order valence-electron chi connectivity index (χ2n) is 7.52. The first kappa shape index (κ1) is 24.2. The van der Waals surface area contributed by atoms with Gasteiger partial charge in [0.2, 0.25) is 5.91 Å². The van der Waals surface area contributed by atoms with E-state index in [1.807, 2.05) is 13.8 Å². The zero-order valence-corrected chi connectivity index (χ0v) is 18.8. The van der Waals surface area contributed by atoms with Crippen LogP contribution < -0.4 is 5.32 Å². The van der Waals surface area contributed by atoms with Crippen molar-refractivity contribution < 1.29 is 22.4 Å². The van der Waals surface area contributed by atoms with Gasteiger partial charge in [-0.3, -0.25) is 9.59 Å². The number of piperazine rings is 1. The van der Waals surface area contributed by atoms with Crippen LogP contribution in [-0.4, -0.2) is 79.1 Å². The average molecular weight is 443 g/mol. The molecule has 2 rings (SSSR count). The molecule has 1 aliphatic rings. The molecule has 0 aromatic heterocycles. The molecule has 10 heteroatoms. The Labute approximate surface area is 178 Å². The van der Waals surface area contributed by atoms with Gasteiger partial charge in [-0.05, 0) is 30.2 Å². The highest BCUT2D eigenvalue weighted by Gasteiger charge is 2.35. The van der Waals surface area contributed by atoms with E-state index in [1.54, 1.807) is 18.7 Å². The van der Waals surface area contributed by atoms with Crippen LogP contribution in [0.4, 0.5) is 4.39 Å². The molecule has 1 atom stereocenters. The molecule has 1 aliphatic heterocycles. The van der Waals surface area contributed by atoms with Crippen LogP contribution in [-0.2, 0) is 15.0 Å².